The monoisotopic (exact) mass is 735 g/mol. The maximum absolute atomic E-state index is 12.7. The Hall–Kier alpha value is -1.85. The zero-order chi connectivity index (χ0) is 38.0. The van der Waals surface area contributed by atoms with Gasteiger partial charge < -0.3 is 14.2 Å². The van der Waals surface area contributed by atoms with Crippen molar-refractivity contribution in [1.29, 1.82) is 0 Å². The van der Waals surface area contributed by atoms with Crippen molar-refractivity contribution in [1.82, 2.24) is 0 Å². The Morgan fingerprint density at radius 1 is 0.365 bits per heavy atom. The van der Waals surface area contributed by atoms with E-state index in [0.29, 0.717) is 19.3 Å². The van der Waals surface area contributed by atoms with Crippen LogP contribution in [0.15, 0.2) is 12.2 Å². The van der Waals surface area contributed by atoms with Crippen LogP contribution in [-0.4, -0.2) is 37.2 Å². The van der Waals surface area contributed by atoms with Gasteiger partial charge in [-0.15, -0.1) is 0 Å². The van der Waals surface area contributed by atoms with E-state index < -0.39 is 6.10 Å². The van der Waals surface area contributed by atoms with E-state index in [9.17, 15) is 14.4 Å². The SMILES string of the molecule is CCCCC/C=C\CCCCCCCC(=O)OCC(COC(=O)CCCCCCCCCCCC)OC(=O)CCCCCCCCCCCCCC. The molecule has 6 nitrogen and oxygen atoms in total. The molecule has 52 heavy (non-hydrogen) atoms. The molecule has 0 heterocycles. The summed E-state index contributed by atoms with van der Waals surface area (Å²) in [5, 5.41) is 0. The van der Waals surface area contributed by atoms with E-state index in [4.69, 9.17) is 14.2 Å². The molecule has 0 spiro atoms. The molecule has 0 N–H and O–H groups in total. The average molecular weight is 735 g/mol. The van der Waals surface area contributed by atoms with E-state index >= 15 is 0 Å². The lowest BCUT2D eigenvalue weighted by atomic mass is 10.0. The average Bonchev–Trinajstić information content (AvgIpc) is 3.14. The van der Waals surface area contributed by atoms with Gasteiger partial charge in [0.25, 0.3) is 0 Å². The number of carbonyl (C=O) groups is 3. The molecule has 0 amide bonds. The van der Waals surface area contributed by atoms with E-state index in [0.717, 1.165) is 64.2 Å². The Morgan fingerprint density at radius 3 is 1.00 bits per heavy atom. The maximum atomic E-state index is 12.7. The van der Waals surface area contributed by atoms with Crippen LogP contribution in [0.5, 0.6) is 0 Å². The molecule has 0 radical (unpaired) electrons. The van der Waals surface area contributed by atoms with Crippen LogP contribution in [0.3, 0.4) is 0 Å². The fourth-order valence-electron chi connectivity index (χ4n) is 6.55. The second kappa shape index (κ2) is 41.9. The number of allylic oxidation sites excluding steroid dienone is 2. The molecule has 0 aromatic rings. The molecule has 306 valence electrons. The van der Waals surface area contributed by atoms with Gasteiger partial charge in [-0.2, -0.15) is 0 Å². The molecule has 0 rings (SSSR count). The Morgan fingerprint density at radius 2 is 0.635 bits per heavy atom. The first-order valence-electron chi connectivity index (χ1n) is 22.7. The third-order valence-corrected chi connectivity index (χ3v) is 10.0. The molecule has 0 saturated carbocycles. The Kier molecular flexibility index (Phi) is 40.4. The first-order valence-corrected chi connectivity index (χ1v) is 22.7. The van der Waals surface area contributed by atoms with Crippen LogP contribution < -0.4 is 0 Å². The quantitative estimate of drug-likeness (QED) is 0.0269. The van der Waals surface area contributed by atoms with Gasteiger partial charge >= 0.3 is 17.9 Å². The molecule has 0 aliphatic heterocycles. The van der Waals surface area contributed by atoms with Crippen molar-refractivity contribution < 1.29 is 28.6 Å². The predicted octanol–water partition coefficient (Wildman–Crippen LogP) is 14.3. The third-order valence-electron chi connectivity index (χ3n) is 10.0. The number of carbonyl (C=O) groups excluding carboxylic acids is 3. The number of hydrogen-bond donors (Lipinski definition) is 0. The lowest BCUT2D eigenvalue weighted by Crippen LogP contribution is -2.30. The van der Waals surface area contributed by atoms with E-state index in [1.54, 1.807) is 0 Å². The normalized spacial score (nSPS) is 12.0. The van der Waals surface area contributed by atoms with Crippen LogP contribution in [0.25, 0.3) is 0 Å². The minimum Gasteiger partial charge on any atom is -0.462 e. The molecule has 0 aromatic carbocycles. The molecule has 0 bridgehead atoms. The minimum atomic E-state index is -0.763. The molecular formula is C46H86O6. The standard InChI is InChI=1S/C46H86O6/c1-4-7-10-13-16-19-22-24-27-30-33-36-39-45(48)51-42-43(41-50-44(47)38-35-32-29-26-21-18-15-12-9-6-3)52-46(49)40-37-34-31-28-25-23-20-17-14-11-8-5-2/h16,19,43H,4-15,17-18,20-42H2,1-3H3/b19-16-. The molecule has 0 aliphatic rings. The van der Waals surface area contributed by atoms with Gasteiger partial charge in [-0.25, -0.2) is 0 Å². The summed E-state index contributed by atoms with van der Waals surface area (Å²) in [6, 6.07) is 0. The zero-order valence-corrected chi connectivity index (χ0v) is 34.8. The molecule has 0 aromatic heterocycles. The zero-order valence-electron chi connectivity index (χ0n) is 34.8. The molecule has 0 saturated heterocycles. The second-order valence-corrected chi connectivity index (χ2v) is 15.3. The van der Waals surface area contributed by atoms with Crippen LogP contribution in [0.1, 0.15) is 245 Å². The largest absolute Gasteiger partial charge is 0.462 e. The van der Waals surface area contributed by atoms with Crippen LogP contribution in [0.4, 0.5) is 0 Å². The highest BCUT2D eigenvalue weighted by Crippen LogP contribution is 2.15. The number of esters is 3. The first kappa shape index (κ1) is 50.1. The summed E-state index contributed by atoms with van der Waals surface area (Å²) in [5.41, 5.74) is 0. The Balaban J connectivity index is 4.35. The number of rotatable bonds is 41. The fourth-order valence-corrected chi connectivity index (χ4v) is 6.55. The number of unbranched alkanes of at least 4 members (excludes halogenated alkanes) is 28. The van der Waals surface area contributed by atoms with Crippen LogP contribution in [0, 0.1) is 0 Å². The van der Waals surface area contributed by atoms with Gasteiger partial charge in [0.1, 0.15) is 13.2 Å². The molecule has 6 heteroatoms. The van der Waals surface area contributed by atoms with Crippen molar-refractivity contribution in [3.05, 3.63) is 12.2 Å². The summed E-state index contributed by atoms with van der Waals surface area (Å²) < 4.78 is 16.7. The van der Waals surface area contributed by atoms with Gasteiger partial charge in [0, 0.05) is 19.3 Å². The van der Waals surface area contributed by atoms with Crippen molar-refractivity contribution >= 4 is 17.9 Å². The van der Waals surface area contributed by atoms with E-state index in [2.05, 4.69) is 32.9 Å². The Labute approximate surface area is 322 Å². The predicted molar refractivity (Wildman–Crippen MR) is 220 cm³/mol. The van der Waals surface area contributed by atoms with E-state index in [1.807, 2.05) is 0 Å². The second-order valence-electron chi connectivity index (χ2n) is 15.3. The maximum Gasteiger partial charge on any atom is 0.306 e. The summed E-state index contributed by atoms with van der Waals surface area (Å²) in [6.45, 7) is 6.60. The van der Waals surface area contributed by atoms with Gasteiger partial charge in [0.2, 0.25) is 0 Å². The van der Waals surface area contributed by atoms with Gasteiger partial charge in [-0.3, -0.25) is 14.4 Å². The summed E-state index contributed by atoms with van der Waals surface area (Å²) in [4.78, 5) is 37.6. The van der Waals surface area contributed by atoms with Crippen LogP contribution >= 0.6 is 0 Å². The van der Waals surface area contributed by atoms with Crippen molar-refractivity contribution in [2.24, 2.45) is 0 Å². The smallest absolute Gasteiger partial charge is 0.306 e. The molecule has 0 fully saturated rings. The van der Waals surface area contributed by atoms with Crippen molar-refractivity contribution in [3.63, 3.8) is 0 Å². The van der Waals surface area contributed by atoms with Crippen molar-refractivity contribution in [2.45, 2.75) is 252 Å². The van der Waals surface area contributed by atoms with Gasteiger partial charge in [-0.1, -0.05) is 193 Å². The first-order chi connectivity index (χ1) is 25.5. The van der Waals surface area contributed by atoms with Crippen molar-refractivity contribution in [2.75, 3.05) is 13.2 Å². The summed E-state index contributed by atoms with van der Waals surface area (Å²) in [7, 11) is 0. The fraction of sp³-hybridized carbons (Fsp3) is 0.891. The summed E-state index contributed by atoms with van der Waals surface area (Å²) in [6.07, 6.45) is 43.3. The number of ether oxygens (including phenoxy) is 3. The lowest BCUT2D eigenvalue weighted by Gasteiger charge is -2.18. The minimum absolute atomic E-state index is 0.0683. The van der Waals surface area contributed by atoms with Crippen LogP contribution in [-0.2, 0) is 28.6 Å². The van der Waals surface area contributed by atoms with Gasteiger partial charge in [-0.05, 0) is 44.9 Å². The van der Waals surface area contributed by atoms with Crippen molar-refractivity contribution in [3.8, 4) is 0 Å². The third kappa shape index (κ3) is 39.4. The number of hydrogen-bond acceptors (Lipinski definition) is 6. The molecule has 0 aliphatic carbocycles. The highest BCUT2D eigenvalue weighted by molar-refractivity contribution is 5.71. The van der Waals surface area contributed by atoms with Crippen LogP contribution in [0.2, 0.25) is 0 Å². The molecule has 1 unspecified atom stereocenters. The summed E-state index contributed by atoms with van der Waals surface area (Å²) >= 11 is 0. The lowest BCUT2D eigenvalue weighted by molar-refractivity contribution is -0.167. The highest BCUT2D eigenvalue weighted by atomic mass is 16.6. The highest BCUT2D eigenvalue weighted by Gasteiger charge is 2.19. The topological polar surface area (TPSA) is 78.9 Å². The summed E-state index contributed by atoms with van der Waals surface area (Å²) in [5.74, 6) is -0.872. The van der Waals surface area contributed by atoms with E-state index in [1.165, 1.54) is 141 Å². The van der Waals surface area contributed by atoms with Gasteiger partial charge in [0.05, 0.1) is 0 Å². The van der Waals surface area contributed by atoms with Gasteiger partial charge in [0.15, 0.2) is 6.10 Å². The molecule has 1 atom stereocenters. The molecular weight excluding hydrogens is 648 g/mol. The van der Waals surface area contributed by atoms with E-state index in [-0.39, 0.29) is 31.1 Å². The Bertz CT molecular complexity index is 809.